The fourth-order valence-corrected chi connectivity index (χ4v) is 4.93. The number of nitrogens with one attached hydrogen (secondary N) is 1. The summed E-state index contributed by atoms with van der Waals surface area (Å²) in [5, 5.41) is 6.74. The maximum absolute atomic E-state index is 13.6. The first-order valence-corrected chi connectivity index (χ1v) is 12.7. The number of hydrazone groups is 1. The molecule has 0 spiro atoms. The van der Waals surface area contributed by atoms with Crippen molar-refractivity contribution in [1.29, 1.82) is 0 Å². The van der Waals surface area contributed by atoms with Crippen LogP contribution < -0.4 is 4.72 Å². The first-order valence-electron chi connectivity index (χ1n) is 11.6. The van der Waals surface area contributed by atoms with E-state index in [4.69, 9.17) is 10.1 Å². The largest absolute Gasteiger partial charge is 0.270 e. The zero-order chi connectivity index (χ0) is 23.5. The minimum Gasteiger partial charge on any atom is -0.270 e. The molecule has 1 aliphatic heterocycles. The lowest BCUT2D eigenvalue weighted by molar-refractivity contribution is 0.400. The molecule has 1 aliphatic carbocycles. The standard InChI is InChI=1S/C27H27FN4OS/c1-19-10-16-24(17-11-19)34(33)31-27(29-23-8-5-9-23)32-18-25(20-6-3-2-4-7-20)26(30-32)21-12-14-22(28)15-13-21/h2-4,6-7,10-17,23,25H,5,8-9,18H2,1H3,(H,29,31). The Morgan fingerprint density at radius 1 is 1.03 bits per heavy atom. The summed E-state index contributed by atoms with van der Waals surface area (Å²) in [6.07, 6.45) is 3.19. The van der Waals surface area contributed by atoms with Gasteiger partial charge in [0.25, 0.3) is 0 Å². The van der Waals surface area contributed by atoms with Crippen LogP contribution in [0, 0.1) is 12.7 Å². The molecule has 3 aromatic carbocycles. The van der Waals surface area contributed by atoms with E-state index in [1.165, 1.54) is 12.1 Å². The number of hydrogen-bond donors (Lipinski definition) is 1. The number of nitrogens with zero attached hydrogens (tertiary/aromatic N) is 3. The second-order valence-corrected chi connectivity index (χ2v) is 9.97. The molecule has 7 heteroatoms. The fourth-order valence-electron chi connectivity index (χ4n) is 4.10. The van der Waals surface area contributed by atoms with Gasteiger partial charge in [0, 0.05) is 5.92 Å². The van der Waals surface area contributed by atoms with Crippen LogP contribution >= 0.6 is 0 Å². The number of aliphatic imine (C=N–C) groups is 1. The molecule has 0 radical (unpaired) electrons. The van der Waals surface area contributed by atoms with Crippen molar-refractivity contribution in [2.75, 3.05) is 6.54 Å². The molecule has 5 rings (SSSR count). The van der Waals surface area contributed by atoms with Gasteiger partial charge in [0.1, 0.15) is 5.82 Å². The summed E-state index contributed by atoms with van der Waals surface area (Å²) in [4.78, 5) is 5.58. The van der Waals surface area contributed by atoms with Gasteiger partial charge < -0.3 is 0 Å². The van der Waals surface area contributed by atoms with Gasteiger partial charge in [-0.05, 0) is 61.6 Å². The van der Waals surface area contributed by atoms with Gasteiger partial charge in [-0.2, -0.15) is 5.10 Å². The normalized spacial score (nSPS) is 19.5. The average Bonchev–Trinajstić information content (AvgIpc) is 3.27. The third-order valence-corrected chi connectivity index (χ3v) is 7.37. The predicted octanol–water partition coefficient (Wildman–Crippen LogP) is 5.16. The van der Waals surface area contributed by atoms with E-state index < -0.39 is 11.0 Å². The van der Waals surface area contributed by atoms with Gasteiger partial charge in [-0.15, -0.1) is 0 Å². The molecule has 0 aromatic heterocycles. The van der Waals surface area contributed by atoms with Crippen LogP contribution in [-0.4, -0.2) is 33.5 Å². The molecule has 0 amide bonds. The van der Waals surface area contributed by atoms with E-state index in [0.29, 0.717) is 17.4 Å². The molecule has 0 bridgehead atoms. The van der Waals surface area contributed by atoms with Gasteiger partial charge in [-0.25, -0.2) is 18.6 Å². The van der Waals surface area contributed by atoms with E-state index in [1.807, 2.05) is 54.4 Å². The lowest BCUT2D eigenvalue weighted by Gasteiger charge is -2.25. The lowest BCUT2D eigenvalue weighted by Crippen LogP contribution is -2.40. The second kappa shape index (κ2) is 9.89. The monoisotopic (exact) mass is 474 g/mol. The summed E-state index contributed by atoms with van der Waals surface area (Å²) in [6, 6.07) is 24.4. The van der Waals surface area contributed by atoms with Crippen molar-refractivity contribution >= 4 is 22.7 Å². The summed E-state index contributed by atoms with van der Waals surface area (Å²) in [5.41, 5.74) is 3.94. The Hall–Kier alpha value is -3.32. The van der Waals surface area contributed by atoms with Gasteiger partial charge in [0.15, 0.2) is 11.0 Å². The smallest absolute Gasteiger partial charge is 0.227 e. The Kier molecular flexibility index (Phi) is 6.54. The average molecular weight is 475 g/mol. The minimum absolute atomic E-state index is 0.0205. The van der Waals surface area contributed by atoms with Crippen molar-refractivity contribution in [3.05, 3.63) is 101 Å². The highest BCUT2D eigenvalue weighted by Gasteiger charge is 2.33. The third-order valence-electron chi connectivity index (χ3n) is 6.30. The molecule has 1 heterocycles. The van der Waals surface area contributed by atoms with E-state index in [2.05, 4.69) is 16.9 Å². The Morgan fingerprint density at radius 2 is 1.74 bits per heavy atom. The van der Waals surface area contributed by atoms with Crippen molar-refractivity contribution in [3.63, 3.8) is 0 Å². The van der Waals surface area contributed by atoms with E-state index in [-0.39, 0.29) is 17.8 Å². The summed E-state index contributed by atoms with van der Waals surface area (Å²) < 4.78 is 29.9. The quantitative estimate of drug-likeness (QED) is 0.410. The first kappa shape index (κ1) is 22.5. The van der Waals surface area contributed by atoms with Gasteiger partial charge in [-0.1, -0.05) is 60.2 Å². The highest BCUT2D eigenvalue weighted by molar-refractivity contribution is 7.83. The Morgan fingerprint density at radius 3 is 2.38 bits per heavy atom. The molecule has 174 valence electrons. The number of aryl methyl sites for hydroxylation is 1. The van der Waals surface area contributed by atoms with Crippen LogP contribution in [-0.2, 0) is 11.0 Å². The number of rotatable bonds is 5. The molecule has 2 atom stereocenters. The van der Waals surface area contributed by atoms with Crippen LogP contribution in [0.1, 0.15) is 41.9 Å². The number of benzene rings is 3. The van der Waals surface area contributed by atoms with Gasteiger partial charge >= 0.3 is 0 Å². The molecule has 5 nitrogen and oxygen atoms in total. The molecule has 0 saturated heterocycles. The molecule has 2 aliphatic rings. The number of guanidine groups is 1. The van der Waals surface area contributed by atoms with Crippen LogP contribution in [0.4, 0.5) is 4.39 Å². The Labute approximate surface area is 202 Å². The lowest BCUT2D eigenvalue weighted by atomic mass is 9.90. The number of hydrogen-bond acceptors (Lipinski definition) is 3. The molecule has 1 N–H and O–H groups in total. The molecule has 1 saturated carbocycles. The molecule has 34 heavy (non-hydrogen) atoms. The van der Waals surface area contributed by atoms with Crippen molar-refractivity contribution < 1.29 is 8.60 Å². The predicted molar refractivity (Wildman–Crippen MR) is 135 cm³/mol. The number of halogens is 1. The van der Waals surface area contributed by atoms with Crippen LogP contribution in [0.3, 0.4) is 0 Å². The highest BCUT2D eigenvalue weighted by atomic mass is 32.2. The van der Waals surface area contributed by atoms with Gasteiger partial charge in [-0.3, -0.25) is 4.72 Å². The van der Waals surface area contributed by atoms with Crippen LogP contribution in [0.25, 0.3) is 0 Å². The topological polar surface area (TPSA) is 57.1 Å². The molecule has 2 unspecified atom stereocenters. The molecular formula is C27H27FN4OS. The molecule has 1 fully saturated rings. The maximum atomic E-state index is 13.6. The van der Waals surface area contributed by atoms with E-state index in [9.17, 15) is 8.60 Å². The van der Waals surface area contributed by atoms with Crippen LogP contribution in [0.15, 0.2) is 93.9 Å². The van der Waals surface area contributed by atoms with E-state index in [1.54, 1.807) is 12.1 Å². The van der Waals surface area contributed by atoms with Crippen molar-refractivity contribution in [3.8, 4) is 0 Å². The zero-order valence-corrected chi connectivity index (χ0v) is 19.8. The summed E-state index contributed by atoms with van der Waals surface area (Å²) in [7, 11) is -1.47. The van der Waals surface area contributed by atoms with E-state index >= 15 is 0 Å². The summed E-state index contributed by atoms with van der Waals surface area (Å²) >= 11 is 0. The zero-order valence-electron chi connectivity index (χ0n) is 19.0. The third kappa shape index (κ3) is 4.94. The first-order chi connectivity index (χ1) is 16.6. The SMILES string of the molecule is Cc1ccc(S(=O)NC(=NC2CCC2)N2CC(c3ccccc3)C(c3ccc(F)cc3)=N2)cc1. The molecule has 3 aromatic rings. The van der Waals surface area contributed by atoms with Crippen LogP contribution in [0.2, 0.25) is 0 Å². The van der Waals surface area contributed by atoms with Gasteiger partial charge in [0.2, 0.25) is 5.96 Å². The Balaban J connectivity index is 1.48. The van der Waals surface area contributed by atoms with E-state index in [0.717, 1.165) is 41.7 Å². The maximum Gasteiger partial charge on any atom is 0.227 e. The van der Waals surface area contributed by atoms with Crippen molar-refractivity contribution in [1.82, 2.24) is 9.73 Å². The molecular weight excluding hydrogens is 447 g/mol. The summed E-state index contributed by atoms with van der Waals surface area (Å²) in [5.74, 6) is 0.215. The summed E-state index contributed by atoms with van der Waals surface area (Å²) in [6.45, 7) is 2.56. The fraction of sp³-hybridized carbons (Fsp3) is 0.259. The second-order valence-electron chi connectivity index (χ2n) is 8.76. The Bertz CT molecular complexity index is 1220. The minimum atomic E-state index is -1.47. The van der Waals surface area contributed by atoms with Crippen molar-refractivity contribution in [2.45, 2.75) is 43.0 Å². The van der Waals surface area contributed by atoms with Gasteiger partial charge in [0.05, 0.1) is 23.2 Å². The van der Waals surface area contributed by atoms with Crippen LogP contribution in [0.5, 0.6) is 0 Å². The van der Waals surface area contributed by atoms with Crippen molar-refractivity contribution in [2.24, 2.45) is 10.1 Å². The highest BCUT2D eigenvalue weighted by Crippen LogP contribution is 2.30.